The quantitative estimate of drug-likeness (QED) is 0.913. The van der Waals surface area contributed by atoms with E-state index in [9.17, 15) is 5.11 Å². The second-order valence-corrected chi connectivity index (χ2v) is 5.50. The predicted octanol–water partition coefficient (Wildman–Crippen LogP) is 3.66. The molecule has 1 aliphatic rings. The van der Waals surface area contributed by atoms with Crippen LogP contribution in [0.15, 0.2) is 40.9 Å². The minimum absolute atomic E-state index is 0.202. The minimum atomic E-state index is -0.754. The molecule has 1 N–H and O–H groups in total. The van der Waals surface area contributed by atoms with Crippen molar-refractivity contribution in [2.24, 2.45) is 0 Å². The third-order valence-electron chi connectivity index (χ3n) is 3.25. The van der Waals surface area contributed by atoms with Crippen molar-refractivity contribution in [3.05, 3.63) is 52.0 Å². The van der Waals surface area contributed by atoms with E-state index >= 15 is 0 Å². The number of halogens is 1. The van der Waals surface area contributed by atoms with E-state index in [1.54, 1.807) is 6.07 Å². The zero-order valence-corrected chi connectivity index (χ0v) is 13.1. The number of fused-ring (bicyclic) bond motifs is 1. The van der Waals surface area contributed by atoms with E-state index in [1.807, 2.05) is 37.3 Å². The predicted molar refractivity (Wildman–Crippen MR) is 81.9 cm³/mol. The fourth-order valence-electron chi connectivity index (χ4n) is 2.28. The fourth-order valence-corrected chi connectivity index (χ4v) is 2.85. The van der Waals surface area contributed by atoms with E-state index < -0.39 is 6.10 Å². The molecule has 0 aromatic heterocycles. The third kappa shape index (κ3) is 2.84. The van der Waals surface area contributed by atoms with Gasteiger partial charge in [-0.2, -0.15) is 0 Å². The van der Waals surface area contributed by atoms with Crippen molar-refractivity contribution < 1.29 is 19.3 Å². The van der Waals surface area contributed by atoms with Gasteiger partial charge in [0.15, 0.2) is 11.5 Å². The highest BCUT2D eigenvalue weighted by Gasteiger charge is 2.21. The summed E-state index contributed by atoms with van der Waals surface area (Å²) < 4.78 is 17.0. The van der Waals surface area contributed by atoms with E-state index in [-0.39, 0.29) is 6.79 Å². The van der Waals surface area contributed by atoms with Gasteiger partial charge >= 0.3 is 0 Å². The van der Waals surface area contributed by atoms with Crippen LogP contribution in [0.5, 0.6) is 17.2 Å². The smallest absolute Gasteiger partial charge is 0.231 e. The van der Waals surface area contributed by atoms with Crippen LogP contribution in [-0.2, 0) is 0 Å². The number of aliphatic hydroxyl groups excluding tert-OH is 1. The molecule has 0 radical (unpaired) electrons. The van der Waals surface area contributed by atoms with Crippen LogP contribution in [-0.4, -0.2) is 18.5 Å². The first-order valence-electron chi connectivity index (χ1n) is 6.69. The van der Waals surface area contributed by atoms with Gasteiger partial charge in [0.05, 0.1) is 11.1 Å². The molecule has 2 aromatic rings. The first-order valence-corrected chi connectivity index (χ1v) is 7.48. The van der Waals surface area contributed by atoms with Gasteiger partial charge < -0.3 is 19.3 Å². The van der Waals surface area contributed by atoms with E-state index in [0.29, 0.717) is 18.1 Å². The standard InChI is InChI=1S/C16H15BrO4/c1-2-19-12-5-3-4-10(6-12)15(18)11-7-13(17)16-14(8-11)20-9-21-16/h3-8,15,18H,2,9H2,1H3. The molecule has 0 saturated heterocycles. The molecule has 1 aliphatic heterocycles. The Morgan fingerprint density at radius 3 is 2.90 bits per heavy atom. The highest BCUT2D eigenvalue weighted by molar-refractivity contribution is 9.10. The Morgan fingerprint density at radius 1 is 1.24 bits per heavy atom. The summed E-state index contributed by atoms with van der Waals surface area (Å²) >= 11 is 3.44. The lowest BCUT2D eigenvalue weighted by Crippen LogP contribution is -2.01. The zero-order chi connectivity index (χ0) is 14.8. The second-order valence-electron chi connectivity index (χ2n) is 4.64. The number of hydrogen-bond acceptors (Lipinski definition) is 4. The van der Waals surface area contributed by atoms with Gasteiger partial charge in [-0.1, -0.05) is 12.1 Å². The van der Waals surface area contributed by atoms with Crippen LogP contribution in [0.2, 0.25) is 0 Å². The maximum atomic E-state index is 10.6. The molecular weight excluding hydrogens is 336 g/mol. The number of ether oxygens (including phenoxy) is 3. The highest BCUT2D eigenvalue weighted by atomic mass is 79.9. The first kappa shape index (κ1) is 14.2. The van der Waals surface area contributed by atoms with Crippen molar-refractivity contribution in [1.29, 1.82) is 0 Å². The van der Waals surface area contributed by atoms with Crippen LogP contribution in [0.3, 0.4) is 0 Å². The van der Waals surface area contributed by atoms with Crippen molar-refractivity contribution in [2.45, 2.75) is 13.0 Å². The van der Waals surface area contributed by atoms with Crippen LogP contribution in [0.25, 0.3) is 0 Å². The maximum absolute atomic E-state index is 10.6. The lowest BCUT2D eigenvalue weighted by atomic mass is 10.0. The summed E-state index contributed by atoms with van der Waals surface area (Å²) in [7, 11) is 0. The van der Waals surface area contributed by atoms with Crippen LogP contribution >= 0.6 is 15.9 Å². The van der Waals surface area contributed by atoms with Gasteiger partial charge in [-0.05, 0) is 58.2 Å². The molecule has 0 saturated carbocycles. The molecule has 0 fully saturated rings. The van der Waals surface area contributed by atoms with Crippen LogP contribution in [0.4, 0.5) is 0 Å². The number of benzene rings is 2. The molecule has 1 atom stereocenters. The Hall–Kier alpha value is -1.72. The number of rotatable bonds is 4. The van der Waals surface area contributed by atoms with Gasteiger partial charge in [-0.3, -0.25) is 0 Å². The van der Waals surface area contributed by atoms with Gasteiger partial charge in [-0.25, -0.2) is 0 Å². The van der Waals surface area contributed by atoms with Gasteiger partial charge in [0.2, 0.25) is 6.79 Å². The zero-order valence-electron chi connectivity index (χ0n) is 11.5. The fraction of sp³-hybridized carbons (Fsp3) is 0.250. The third-order valence-corrected chi connectivity index (χ3v) is 3.84. The topological polar surface area (TPSA) is 47.9 Å². The molecule has 1 heterocycles. The maximum Gasteiger partial charge on any atom is 0.231 e. The molecule has 0 bridgehead atoms. The number of hydrogen-bond donors (Lipinski definition) is 1. The Morgan fingerprint density at radius 2 is 2.10 bits per heavy atom. The molecule has 3 rings (SSSR count). The Balaban J connectivity index is 1.93. The summed E-state index contributed by atoms with van der Waals surface area (Å²) in [5, 5.41) is 10.6. The molecule has 5 heteroatoms. The SMILES string of the molecule is CCOc1cccc(C(O)c2cc(Br)c3c(c2)OCO3)c1. The van der Waals surface area contributed by atoms with Crippen LogP contribution in [0.1, 0.15) is 24.2 Å². The molecule has 2 aromatic carbocycles. The Kier molecular flexibility index (Phi) is 4.03. The summed E-state index contributed by atoms with van der Waals surface area (Å²) in [6.45, 7) is 2.72. The van der Waals surface area contributed by atoms with E-state index in [1.165, 1.54) is 0 Å². The first-order chi connectivity index (χ1) is 10.2. The van der Waals surface area contributed by atoms with Crippen molar-refractivity contribution in [3.63, 3.8) is 0 Å². The van der Waals surface area contributed by atoms with Crippen molar-refractivity contribution >= 4 is 15.9 Å². The lowest BCUT2D eigenvalue weighted by molar-refractivity contribution is 0.173. The van der Waals surface area contributed by atoms with E-state index in [2.05, 4.69) is 15.9 Å². The van der Waals surface area contributed by atoms with E-state index in [0.717, 1.165) is 21.3 Å². The number of aliphatic hydroxyl groups is 1. The van der Waals surface area contributed by atoms with Gasteiger partial charge in [0, 0.05) is 0 Å². The summed E-state index contributed by atoms with van der Waals surface area (Å²) in [4.78, 5) is 0. The lowest BCUT2D eigenvalue weighted by Gasteiger charge is -2.14. The van der Waals surface area contributed by atoms with Gasteiger partial charge in [0.1, 0.15) is 11.9 Å². The summed E-state index contributed by atoms with van der Waals surface area (Å²) in [6.07, 6.45) is -0.754. The summed E-state index contributed by atoms with van der Waals surface area (Å²) in [5.74, 6) is 2.06. The molecule has 0 aliphatic carbocycles. The molecular formula is C16H15BrO4. The summed E-state index contributed by atoms with van der Waals surface area (Å²) in [6, 6.07) is 11.1. The average Bonchev–Trinajstić information content (AvgIpc) is 2.96. The van der Waals surface area contributed by atoms with Crippen molar-refractivity contribution in [2.75, 3.05) is 13.4 Å². The molecule has 1 unspecified atom stereocenters. The molecule has 21 heavy (non-hydrogen) atoms. The Labute approximate surface area is 131 Å². The largest absolute Gasteiger partial charge is 0.494 e. The normalized spacial score (nSPS) is 14.0. The molecule has 0 spiro atoms. The van der Waals surface area contributed by atoms with Crippen molar-refractivity contribution in [3.8, 4) is 17.2 Å². The second kappa shape index (κ2) is 5.95. The molecule has 4 nitrogen and oxygen atoms in total. The highest BCUT2D eigenvalue weighted by Crippen LogP contribution is 2.42. The van der Waals surface area contributed by atoms with Gasteiger partial charge in [0.25, 0.3) is 0 Å². The van der Waals surface area contributed by atoms with Crippen LogP contribution in [0, 0.1) is 0 Å². The van der Waals surface area contributed by atoms with Crippen LogP contribution < -0.4 is 14.2 Å². The molecule has 0 amide bonds. The van der Waals surface area contributed by atoms with Crippen molar-refractivity contribution in [1.82, 2.24) is 0 Å². The minimum Gasteiger partial charge on any atom is -0.494 e. The Bertz CT molecular complexity index is 657. The summed E-state index contributed by atoms with van der Waals surface area (Å²) in [5.41, 5.74) is 1.51. The van der Waals surface area contributed by atoms with Gasteiger partial charge in [-0.15, -0.1) is 0 Å². The van der Waals surface area contributed by atoms with E-state index in [4.69, 9.17) is 14.2 Å². The molecule has 110 valence electrons. The average molecular weight is 351 g/mol. The monoisotopic (exact) mass is 350 g/mol.